The zero-order chi connectivity index (χ0) is 14.4. The van der Waals surface area contributed by atoms with E-state index in [1.54, 1.807) is 13.2 Å². The molecule has 1 aromatic carbocycles. The van der Waals surface area contributed by atoms with Crippen molar-refractivity contribution in [1.82, 2.24) is 0 Å². The Morgan fingerprint density at radius 1 is 1.35 bits per heavy atom. The molecule has 1 amide bonds. The van der Waals surface area contributed by atoms with Gasteiger partial charge in [-0.05, 0) is 39.5 Å². The largest absolute Gasteiger partial charge is 0.491 e. The van der Waals surface area contributed by atoms with Gasteiger partial charge in [-0.25, -0.2) is 0 Å². The second-order valence-corrected chi connectivity index (χ2v) is 5.69. The van der Waals surface area contributed by atoms with E-state index in [9.17, 15) is 4.79 Å². The number of thiophene rings is 1. The molecule has 0 spiro atoms. The Morgan fingerprint density at radius 2 is 2.20 bits per heavy atom. The molecule has 106 valence electrons. The molecule has 4 nitrogen and oxygen atoms in total. The Balaban J connectivity index is 2.01. The third-order valence-corrected chi connectivity index (χ3v) is 4.31. The summed E-state index contributed by atoms with van der Waals surface area (Å²) < 4.78 is 11.2. The lowest BCUT2D eigenvalue weighted by Gasteiger charge is -2.08. The Morgan fingerprint density at radius 3 is 2.90 bits per heavy atom. The van der Waals surface area contributed by atoms with Gasteiger partial charge >= 0.3 is 0 Å². The molecule has 2 aromatic rings. The molecule has 1 aromatic heterocycles. The summed E-state index contributed by atoms with van der Waals surface area (Å²) in [6.07, 6.45) is 0. The average molecular weight is 356 g/mol. The average Bonchev–Trinajstić information content (AvgIpc) is 2.86. The van der Waals surface area contributed by atoms with Crippen molar-refractivity contribution in [2.75, 3.05) is 25.6 Å². The highest BCUT2D eigenvalue weighted by Gasteiger charge is 2.11. The minimum atomic E-state index is -0.138. The van der Waals surface area contributed by atoms with Crippen LogP contribution in [-0.4, -0.2) is 26.2 Å². The second-order valence-electron chi connectivity index (χ2n) is 3.92. The van der Waals surface area contributed by atoms with Crippen molar-refractivity contribution in [1.29, 1.82) is 0 Å². The van der Waals surface area contributed by atoms with E-state index in [2.05, 4.69) is 21.2 Å². The highest BCUT2D eigenvalue weighted by atomic mass is 79.9. The molecule has 1 heterocycles. The molecular weight excluding hydrogens is 342 g/mol. The Hall–Kier alpha value is -1.37. The van der Waals surface area contributed by atoms with Crippen LogP contribution in [0, 0.1) is 0 Å². The fourth-order valence-corrected chi connectivity index (χ4v) is 3.00. The molecule has 0 aliphatic rings. The van der Waals surface area contributed by atoms with Crippen molar-refractivity contribution in [2.24, 2.45) is 0 Å². The number of hydrogen-bond acceptors (Lipinski definition) is 4. The molecule has 0 radical (unpaired) electrons. The number of benzene rings is 1. The lowest BCUT2D eigenvalue weighted by atomic mass is 10.3. The third-order valence-electron chi connectivity index (χ3n) is 2.47. The topological polar surface area (TPSA) is 47.6 Å². The molecular formula is C14H14BrNO3S. The number of carbonyl (C=O) groups excluding carboxylic acids is 1. The highest BCUT2D eigenvalue weighted by molar-refractivity contribution is 9.10. The van der Waals surface area contributed by atoms with Crippen LogP contribution in [0.15, 0.2) is 40.2 Å². The predicted octanol–water partition coefficient (Wildman–Crippen LogP) is 3.79. The van der Waals surface area contributed by atoms with Crippen LogP contribution in [0.2, 0.25) is 0 Å². The number of halogens is 1. The maximum atomic E-state index is 12.1. The van der Waals surface area contributed by atoms with Gasteiger partial charge in [0.15, 0.2) is 0 Å². The number of ether oxygens (including phenoxy) is 2. The van der Waals surface area contributed by atoms with Crippen LogP contribution in [0.25, 0.3) is 0 Å². The molecule has 2 rings (SSSR count). The monoisotopic (exact) mass is 355 g/mol. The van der Waals surface area contributed by atoms with Crippen molar-refractivity contribution in [3.63, 3.8) is 0 Å². The summed E-state index contributed by atoms with van der Waals surface area (Å²) in [6.45, 7) is 1.00. The Bertz CT molecular complexity index is 585. The minimum absolute atomic E-state index is 0.138. The SMILES string of the molecule is COCCOc1cccc(NC(=O)c2sccc2Br)c1. The maximum Gasteiger partial charge on any atom is 0.266 e. The number of methoxy groups -OCH3 is 1. The summed E-state index contributed by atoms with van der Waals surface area (Å²) in [5, 5.41) is 4.71. The predicted molar refractivity (Wildman–Crippen MR) is 83.8 cm³/mol. The molecule has 1 N–H and O–H groups in total. The van der Waals surface area contributed by atoms with Crippen molar-refractivity contribution >= 4 is 38.9 Å². The van der Waals surface area contributed by atoms with Crippen LogP contribution < -0.4 is 10.1 Å². The van der Waals surface area contributed by atoms with Crippen LogP contribution in [0.4, 0.5) is 5.69 Å². The number of carbonyl (C=O) groups is 1. The van der Waals surface area contributed by atoms with E-state index in [4.69, 9.17) is 9.47 Å². The van der Waals surface area contributed by atoms with E-state index in [0.29, 0.717) is 29.5 Å². The number of nitrogens with one attached hydrogen (secondary N) is 1. The molecule has 0 atom stereocenters. The highest BCUT2D eigenvalue weighted by Crippen LogP contribution is 2.24. The van der Waals surface area contributed by atoms with Crippen LogP contribution in [0.3, 0.4) is 0 Å². The minimum Gasteiger partial charge on any atom is -0.491 e. The van der Waals surface area contributed by atoms with E-state index in [0.717, 1.165) is 4.47 Å². The quantitative estimate of drug-likeness (QED) is 0.802. The van der Waals surface area contributed by atoms with Crippen LogP contribution >= 0.6 is 27.3 Å². The zero-order valence-corrected chi connectivity index (χ0v) is 13.3. The van der Waals surface area contributed by atoms with Crippen LogP contribution in [-0.2, 0) is 4.74 Å². The molecule has 0 saturated carbocycles. The van der Waals surface area contributed by atoms with Crippen molar-refractivity contribution < 1.29 is 14.3 Å². The van der Waals surface area contributed by atoms with Gasteiger partial charge in [0, 0.05) is 23.3 Å². The number of anilines is 1. The first-order valence-electron chi connectivity index (χ1n) is 5.97. The smallest absolute Gasteiger partial charge is 0.266 e. The Kier molecular flexibility index (Phi) is 5.58. The first-order chi connectivity index (χ1) is 9.70. The lowest BCUT2D eigenvalue weighted by molar-refractivity contribution is 0.103. The van der Waals surface area contributed by atoms with Gasteiger partial charge in [-0.3, -0.25) is 4.79 Å². The van der Waals surface area contributed by atoms with Crippen molar-refractivity contribution in [2.45, 2.75) is 0 Å². The molecule has 0 unspecified atom stereocenters. The van der Waals surface area contributed by atoms with E-state index in [-0.39, 0.29) is 5.91 Å². The van der Waals surface area contributed by atoms with Gasteiger partial charge in [0.25, 0.3) is 5.91 Å². The van der Waals surface area contributed by atoms with E-state index in [1.165, 1.54) is 11.3 Å². The van der Waals surface area contributed by atoms with E-state index >= 15 is 0 Å². The summed E-state index contributed by atoms with van der Waals surface area (Å²) >= 11 is 4.74. The van der Waals surface area contributed by atoms with Crippen LogP contribution in [0.1, 0.15) is 9.67 Å². The van der Waals surface area contributed by atoms with Gasteiger partial charge in [-0.2, -0.15) is 0 Å². The fourth-order valence-electron chi connectivity index (χ4n) is 1.55. The van der Waals surface area contributed by atoms with Gasteiger partial charge in [0.2, 0.25) is 0 Å². The molecule has 0 aliphatic carbocycles. The number of rotatable bonds is 6. The molecule has 0 aliphatic heterocycles. The molecule has 0 bridgehead atoms. The van der Waals surface area contributed by atoms with Gasteiger partial charge in [0.05, 0.1) is 6.61 Å². The second kappa shape index (κ2) is 7.42. The summed E-state index contributed by atoms with van der Waals surface area (Å²) in [5.41, 5.74) is 0.699. The summed E-state index contributed by atoms with van der Waals surface area (Å²) in [5.74, 6) is 0.561. The zero-order valence-electron chi connectivity index (χ0n) is 10.9. The molecule has 0 saturated heterocycles. The molecule has 6 heteroatoms. The standard InChI is InChI=1S/C14H14BrNO3S/c1-18-6-7-19-11-4-2-3-10(9-11)16-14(17)13-12(15)5-8-20-13/h2-5,8-9H,6-7H2,1H3,(H,16,17). The molecule has 0 fully saturated rings. The number of amides is 1. The summed E-state index contributed by atoms with van der Waals surface area (Å²) in [6, 6.07) is 9.13. The molecule has 20 heavy (non-hydrogen) atoms. The van der Waals surface area contributed by atoms with Gasteiger partial charge in [-0.15, -0.1) is 11.3 Å². The Labute approximate surface area is 129 Å². The number of hydrogen-bond donors (Lipinski definition) is 1. The maximum absolute atomic E-state index is 12.1. The van der Waals surface area contributed by atoms with Gasteiger partial charge in [-0.1, -0.05) is 6.07 Å². The third kappa shape index (κ3) is 4.06. The van der Waals surface area contributed by atoms with Gasteiger partial charge < -0.3 is 14.8 Å². The first kappa shape index (κ1) is 15.0. The lowest BCUT2D eigenvalue weighted by Crippen LogP contribution is -2.11. The summed E-state index contributed by atoms with van der Waals surface area (Å²) in [4.78, 5) is 12.7. The normalized spacial score (nSPS) is 10.3. The van der Waals surface area contributed by atoms with Crippen molar-refractivity contribution in [3.05, 3.63) is 45.1 Å². The van der Waals surface area contributed by atoms with Crippen molar-refractivity contribution in [3.8, 4) is 5.75 Å². The van der Waals surface area contributed by atoms with Crippen LogP contribution in [0.5, 0.6) is 5.75 Å². The van der Waals surface area contributed by atoms with Gasteiger partial charge in [0.1, 0.15) is 17.2 Å². The fraction of sp³-hybridized carbons (Fsp3) is 0.214. The van der Waals surface area contributed by atoms with E-state index < -0.39 is 0 Å². The first-order valence-corrected chi connectivity index (χ1v) is 7.64. The summed E-state index contributed by atoms with van der Waals surface area (Å²) in [7, 11) is 1.62. The van der Waals surface area contributed by atoms with E-state index in [1.807, 2.05) is 29.6 Å².